The van der Waals surface area contributed by atoms with Crippen molar-refractivity contribution in [1.82, 2.24) is 4.90 Å². The van der Waals surface area contributed by atoms with Crippen LogP contribution in [0.2, 0.25) is 0 Å². The minimum Gasteiger partial charge on any atom is -0.370 e. The number of hydrogen-bond donors (Lipinski definition) is 1. The number of piperidine rings is 1. The molecule has 20 heavy (non-hydrogen) atoms. The second-order valence-corrected chi connectivity index (χ2v) is 8.28. The lowest BCUT2D eigenvalue weighted by Gasteiger charge is -2.32. The van der Waals surface area contributed by atoms with Crippen LogP contribution in [-0.2, 0) is 9.84 Å². The van der Waals surface area contributed by atoms with Crippen molar-refractivity contribution < 1.29 is 8.42 Å². The maximum absolute atomic E-state index is 11.9. The summed E-state index contributed by atoms with van der Waals surface area (Å²) in [6, 6.07) is 0. The van der Waals surface area contributed by atoms with Gasteiger partial charge in [-0.3, -0.25) is 4.99 Å². The van der Waals surface area contributed by atoms with E-state index in [-0.39, 0.29) is 29.2 Å². The Hall–Kier alpha value is -0.0500. The summed E-state index contributed by atoms with van der Waals surface area (Å²) in [4.78, 5) is 6.43. The Morgan fingerprint density at radius 1 is 1.30 bits per heavy atom. The molecule has 2 unspecified atom stereocenters. The normalized spacial score (nSPS) is 30.6. The quantitative estimate of drug-likeness (QED) is 0.423. The van der Waals surface area contributed by atoms with Gasteiger partial charge in [0, 0.05) is 13.1 Å². The van der Waals surface area contributed by atoms with Crippen LogP contribution in [0, 0.1) is 5.92 Å². The lowest BCUT2D eigenvalue weighted by molar-refractivity contribution is 0.270. The summed E-state index contributed by atoms with van der Waals surface area (Å²) in [5, 5.41) is -0.318. The predicted octanol–water partition coefficient (Wildman–Crippen LogP) is 1.62. The summed E-state index contributed by atoms with van der Waals surface area (Å²) in [5.74, 6) is 1.47. The van der Waals surface area contributed by atoms with E-state index < -0.39 is 9.84 Å². The molecule has 2 saturated heterocycles. The molecule has 0 saturated carbocycles. The molecule has 0 amide bonds. The first-order chi connectivity index (χ1) is 8.99. The van der Waals surface area contributed by atoms with Crippen molar-refractivity contribution in [3.05, 3.63) is 0 Å². The minimum absolute atomic E-state index is 0. The van der Waals surface area contributed by atoms with Gasteiger partial charge < -0.3 is 10.6 Å². The molecule has 2 heterocycles. The zero-order chi connectivity index (χ0) is 13.9. The van der Waals surface area contributed by atoms with E-state index in [4.69, 9.17) is 5.73 Å². The lowest BCUT2D eigenvalue weighted by atomic mass is 10.0. The third-order valence-electron chi connectivity index (χ3n) is 4.15. The Bertz CT molecular complexity index is 439. The number of likely N-dealkylation sites (tertiary alicyclic amines) is 1. The molecule has 2 N–H and O–H groups in total. The summed E-state index contributed by atoms with van der Waals surface area (Å²) in [5.41, 5.74) is 6.00. The molecule has 7 heteroatoms. The van der Waals surface area contributed by atoms with Crippen molar-refractivity contribution in [2.75, 3.05) is 25.4 Å². The van der Waals surface area contributed by atoms with Crippen molar-refractivity contribution in [1.29, 1.82) is 0 Å². The molecule has 2 fully saturated rings. The number of guanidine groups is 1. The van der Waals surface area contributed by atoms with Gasteiger partial charge in [-0.05, 0) is 31.6 Å². The van der Waals surface area contributed by atoms with Crippen LogP contribution in [0.5, 0.6) is 0 Å². The molecular weight excluding hydrogens is 389 g/mol. The zero-order valence-corrected chi connectivity index (χ0v) is 15.3. The zero-order valence-electron chi connectivity index (χ0n) is 12.1. The second kappa shape index (κ2) is 7.82. The fourth-order valence-electron chi connectivity index (χ4n) is 2.92. The highest BCUT2D eigenvalue weighted by Gasteiger charge is 2.28. The Morgan fingerprint density at radius 3 is 2.70 bits per heavy atom. The van der Waals surface area contributed by atoms with Crippen LogP contribution in [0.4, 0.5) is 0 Å². The molecular formula is C13H26IN3O2S. The van der Waals surface area contributed by atoms with Gasteiger partial charge in [-0.25, -0.2) is 8.42 Å². The molecule has 0 bridgehead atoms. The second-order valence-electron chi connectivity index (χ2n) is 5.88. The third-order valence-corrected chi connectivity index (χ3v) is 6.41. The molecule has 2 aliphatic rings. The van der Waals surface area contributed by atoms with Crippen LogP contribution < -0.4 is 5.73 Å². The number of aliphatic imine (C=N–C) groups is 1. The largest absolute Gasteiger partial charge is 0.370 e. The van der Waals surface area contributed by atoms with Crippen LogP contribution in [0.3, 0.4) is 0 Å². The van der Waals surface area contributed by atoms with Gasteiger partial charge in [-0.15, -0.1) is 24.0 Å². The number of hydrogen-bond acceptors (Lipinski definition) is 3. The average Bonchev–Trinajstić information content (AvgIpc) is 2.36. The monoisotopic (exact) mass is 415 g/mol. The van der Waals surface area contributed by atoms with Gasteiger partial charge >= 0.3 is 0 Å². The fraction of sp³-hybridized carbons (Fsp3) is 0.923. The van der Waals surface area contributed by atoms with Crippen molar-refractivity contribution in [2.24, 2.45) is 16.6 Å². The van der Waals surface area contributed by atoms with Gasteiger partial charge in [0.05, 0.1) is 17.5 Å². The molecule has 0 aromatic carbocycles. The molecule has 118 valence electrons. The van der Waals surface area contributed by atoms with Crippen LogP contribution in [-0.4, -0.2) is 49.9 Å². The first-order valence-corrected chi connectivity index (χ1v) is 8.97. The van der Waals surface area contributed by atoms with E-state index in [1.165, 1.54) is 6.42 Å². The number of rotatable bonds is 2. The Kier molecular flexibility index (Phi) is 7.03. The number of nitrogens with two attached hydrogens (primary N) is 1. The number of nitrogens with zero attached hydrogens (tertiary/aromatic N) is 2. The minimum atomic E-state index is -2.94. The molecule has 0 radical (unpaired) electrons. The van der Waals surface area contributed by atoms with E-state index in [0.29, 0.717) is 24.2 Å². The highest BCUT2D eigenvalue weighted by Crippen LogP contribution is 2.20. The number of sulfone groups is 1. The smallest absolute Gasteiger partial charge is 0.191 e. The molecule has 2 rings (SSSR count). The maximum atomic E-state index is 11.9. The van der Waals surface area contributed by atoms with Crippen molar-refractivity contribution in [3.8, 4) is 0 Å². The van der Waals surface area contributed by atoms with Crippen LogP contribution in [0.1, 0.15) is 39.0 Å². The maximum Gasteiger partial charge on any atom is 0.191 e. The summed E-state index contributed by atoms with van der Waals surface area (Å²) < 4.78 is 23.8. The molecule has 0 aromatic heterocycles. The average molecular weight is 415 g/mol. The van der Waals surface area contributed by atoms with Gasteiger partial charge in [0.2, 0.25) is 0 Å². The summed E-state index contributed by atoms with van der Waals surface area (Å²) in [6.45, 7) is 4.42. The molecule has 2 aliphatic heterocycles. The molecule has 0 spiro atoms. The Morgan fingerprint density at radius 2 is 2.05 bits per heavy atom. The highest BCUT2D eigenvalue weighted by molar-refractivity contribution is 14.0. The van der Waals surface area contributed by atoms with E-state index in [1.54, 1.807) is 0 Å². The van der Waals surface area contributed by atoms with E-state index in [0.717, 1.165) is 38.8 Å². The Balaban J connectivity index is 0.00000200. The van der Waals surface area contributed by atoms with E-state index in [1.807, 2.05) is 0 Å². The van der Waals surface area contributed by atoms with Crippen LogP contribution in [0.25, 0.3) is 0 Å². The molecule has 2 atom stereocenters. The van der Waals surface area contributed by atoms with Gasteiger partial charge in [-0.1, -0.05) is 13.3 Å². The van der Waals surface area contributed by atoms with E-state index in [2.05, 4.69) is 16.8 Å². The highest BCUT2D eigenvalue weighted by atomic mass is 127. The fourth-order valence-corrected chi connectivity index (χ4v) is 4.69. The van der Waals surface area contributed by atoms with Gasteiger partial charge in [0.15, 0.2) is 15.8 Å². The third kappa shape index (κ3) is 4.75. The van der Waals surface area contributed by atoms with Gasteiger partial charge in [0.1, 0.15) is 0 Å². The first-order valence-electron chi connectivity index (χ1n) is 7.25. The van der Waals surface area contributed by atoms with Crippen molar-refractivity contribution in [3.63, 3.8) is 0 Å². The summed E-state index contributed by atoms with van der Waals surface area (Å²) in [7, 11) is -2.94. The molecule has 0 aliphatic carbocycles. The van der Waals surface area contributed by atoms with E-state index >= 15 is 0 Å². The molecule has 5 nitrogen and oxygen atoms in total. The van der Waals surface area contributed by atoms with Crippen LogP contribution >= 0.6 is 24.0 Å². The summed E-state index contributed by atoms with van der Waals surface area (Å²) in [6.07, 6.45) is 4.89. The van der Waals surface area contributed by atoms with Crippen LogP contribution in [0.15, 0.2) is 4.99 Å². The number of halogens is 1. The topological polar surface area (TPSA) is 75.8 Å². The van der Waals surface area contributed by atoms with Crippen molar-refractivity contribution in [2.45, 2.75) is 44.3 Å². The predicted molar refractivity (Wildman–Crippen MR) is 93.3 cm³/mol. The lowest BCUT2D eigenvalue weighted by Crippen LogP contribution is -2.44. The van der Waals surface area contributed by atoms with Gasteiger partial charge in [-0.2, -0.15) is 0 Å². The summed E-state index contributed by atoms with van der Waals surface area (Å²) >= 11 is 0. The standard InChI is InChI=1S/C13H25N3O2S.HI/c1-11-5-4-7-16(10-11)13(14)15-9-12-6-2-3-8-19(12,17)18;/h11-12H,2-10H2,1H3,(H2,14,15);1H. The van der Waals surface area contributed by atoms with E-state index in [9.17, 15) is 8.42 Å². The Labute approximate surface area is 139 Å². The van der Waals surface area contributed by atoms with Gasteiger partial charge in [0.25, 0.3) is 0 Å². The SMILES string of the molecule is CC1CCCN(C(N)=NCC2CCCCS2(=O)=O)C1.I. The van der Waals surface area contributed by atoms with Crippen molar-refractivity contribution >= 4 is 39.8 Å². The first kappa shape index (κ1) is 18.0. The molecule has 0 aromatic rings.